The number of nitrogens with one attached hydrogen (secondary N) is 1. The molecule has 1 N–H and O–H groups in total. The molecule has 3 rings (SSSR count). The Morgan fingerprint density at radius 3 is 2.36 bits per heavy atom. The zero-order valence-corrected chi connectivity index (χ0v) is 15.4. The summed E-state index contributed by atoms with van der Waals surface area (Å²) in [5, 5.41) is 3.86. The Hall–Kier alpha value is -2.60. The molecule has 25 heavy (non-hydrogen) atoms. The Morgan fingerprint density at radius 2 is 1.72 bits per heavy atom. The number of hydrogen-bond acceptors (Lipinski definition) is 4. The first-order chi connectivity index (χ1) is 11.8. The zero-order valence-electron chi connectivity index (χ0n) is 14.6. The van der Waals surface area contributed by atoms with Gasteiger partial charge in [-0.05, 0) is 68.7 Å². The summed E-state index contributed by atoms with van der Waals surface area (Å²) in [5.74, 6) is 0.618. The van der Waals surface area contributed by atoms with Crippen LogP contribution >= 0.6 is 0 Å². The van der Waals surface area contributed by atoms with E-state index < -0.39 is 10.0 Å². The van der Waals surface area contributed by atoms with Crippen LogP contribution in [0.1, 0.15) is 22.4 Å². The van der Waals surface area contributed by atoms with Crippen LogP contribution in [0, 0.1) is 27.7 Å². The Balaban J connectivity index is 1.96. The summed E-state index contributed by atoms with van der Waals surface area (Å²) in [6.45, 7) is 7.46. The molecular weight excluding hydrogens is 336 g/mol. The second kappa shape index (κ2) is 6.37. The van der Waals surface area contributed by atoms with Gasteiger partial charge in [0.25, 0.3) is 10.0 Å². The monoisotopic (exact) mass is 356 g/mol. The molecule has 0 aliphatic rings. The van der Waals surface area contributed by atoms with Gasteiger partial charge in [-0.1, -0.05) is 17.3 Å². The second-order valence-corrected chi connectivity index (χ2v) is 7.82. The summed E-state index contributed by atoms with van der Waals surface area (Å²) < 4.78 is 33.5. The Kier molecular flexibility index (Phi) is 4.39. The molecule has 0 spiro atoms. The third-order valence-corrected chi connectivity index (χ3v) is 5.75. The first-order valence-electron chi connectivity index (χ1n) is 7.91. The third kappa shape index (κ3) is 3.44. The standard InChI is InChI=1S/C19H20N2O3S/c1-12-6-5-7-17(15(12)4)21-25(22,23)19-9-8-16(10-13(19)2)18-11-14(3)20-24-18/h5-11,21H,1-4H3. The number of aryl methyl sites for hydroxylation is 3. The second-order valence-electron chi connectivity index (χ2n) is 6.17. The number of aromatic nitrogens is 1. The Morgan fingerprint density at radius 1 is 0.960 bits per heavy atom. The van der Waals surface area contributed by atoms with E-state index in [9.17, 15) is 8.42 Å². The molecule has 2 aromatic carbocycles. The van der Waals surface area contributed by atoms with E-state index >= 15 is 0 Å². The highest BCUT2D eigenvalue weighted by molar-refractivity contribution is 7.92. The van der Waals surface area contributed by atoms with Crippen LogP contribution in [-0.2, 0) is 10.0 Å². The van der Waals surface area contributed by atoms with Gasteiger partial charge in [-0.2, -0.15) is 0 Å². The first-order valence-corrected chi connectivity index (χ1v) is 9.39. The van der Waals surface area contributed by atoms with E-state index in [0.717, 1.165) is 22.4 Å². The molecule has 1 heterocycles. The fraction of sp³-hybridized carbons (Fsp3) is 0.211. The predicted octanol–water partition coefficient (Wildman–Crippen LogP) is 4.38. The quantitative estimate of drug-likeness (QED) is 0.753. The van der Waals surface area contributed by atoms with Crippen molar-refractivity contribution in [2.75, 3.05) is 4.72 Å². The number of rotatable bonds is 4. The van der Waals surface area contributed by atoms with Crippen molar-refractivity contribution in [3.05, 3.63) is 64.8 Å². The van der Waals surface area contributed by atoms with Gasteiger partial charge in [-0.25, -0.2) is 8.42 Å². The average molecular weight is 356 g/mol. The van der Waals surface area contributed by atoms with Crippen LogP contribution in [0.2, 0.25) is 0 Å². The van der Waals surface area contributed by atoms with Crippen molar-refractivity contribution in [1.29, 1.82) is 0 Å². The highest BCUT2D eigenvalue weighted by atomic mass is 32.2. The highest BCUT2D eigenvalue weighted by Crippen LogP contribution is 2.27. The molecule has 1 aromatic heterocycles. The largest absolute Gasteiger partial charge is 0.356 e. The summed E-state index contributed by atoms with van der Waals surface area (Å²) in [6.07, 6.45) is 0. The summed E-state index contributed by atoms with van der Waals surface area (Å²) >= 11 is 0. The lowest BCUT2D eigenvalue weighted by molar-refractivity contribution is 0.427. The van der Waals surface area contributed by atoms with Gasteiger partial charge in [0.15, 0.2) is 5.76 Å². The maximum Gasteiger partial charge on any atom is 0.262 e. The van der Waals surface area contributed by atoms with Gasteiger partial charge < -0.3 is 4.52 Å². The summed E-state index contributed by atoms with van der Waals surface area (Å²) in [7, 11) is -3.67. The van der Waals surface area contributed by atoms with Crippen molar-refractivity contribution < 1.29 is 12.9 Å². The molecule has 0 radical (unpaired) electrons. The fourth-order valence-electron chi connectivity index (χ4n) is 2.67. The van der Waals surface area contributed by atoms with Crippen molar-refractivity contribution >= 4 is 15.7 Å². The van der Waals surface area contributed by atoms with Crippen molar-refractivity contribution in [3.8, 4) is 11.3 Å². The SMILES string of the molecule is Cc1cc(-c2ccc(S(=O)(=O)Nc3cccc(C)c3C)c(C)c2)on1. The maximum atomic E-state index is 12.8. The Bertz CT molecular complexity index is 1040. The van der Waals surface area contributed by atoms with Crippen molar-refractivity contribution in [3.63, 3.8) is 0 Å². The molecule has 0 aliphatic heterocycles. The molecule has 0 saturated heterocycles. The van der Waals surface area contributed by atoms with Crippen LogP contribution < -0.4 is 4.72 Å². The van der Waals surface area contributed by atoms with Crippen LogP contribution in [0.15, 0.2) is 51.9 Å². The molecular formula is C19H20N2O3S. The van der Waals surface area contributed by atoms with E-state index in [0.29, 0.717) is 17.0 Å². The summed E-state index contributed by atoms with van der Waals surface area (Å²) in [6, 6.07) is 12.5. The van der Waals surface area contributed by atoms with E-state index in [-0.39, 0.29) is 4.90 Å². The molecule has 0 amide bonds. The van der Waals surface area contributed by atoms with Crippen LogP contribution in [-0.4, -0.2) is 13.6 Å². The van der Waals surface area contributed by atoms with E-state index in [2.05, 4.69) is 9.88 Å². The normalized spacial score (nSPS) is 11.5. The van der Waals surface area contributed by atoms with E-state index in [4.69, 9.17) is 4.52 Å². The molecule has 0 unspecified atom stereocenters. The predicted molar refractivity (Wildman–Crippen MR) is 98.1 cm³/mol. The number of hydrogen-bond donors (Lipinski definition) is 1. The van der Waals surface area contributed by atoms with Crippen LogP contribution in [0.3, 0.4) is 0 Å². The van der Waals surface area contributed by atoms with Crippen LogP contribution in [0.5, 0.6) is 0 Å². The third-order valence-electron chi connectivity index (χ3n) is 4.23. The molecule has 0 saturated carbocycles. The van der Waals surface area contributed by atoms with E-state index in [1.54, 1.807) is 31.2 Å². The highest BCUT2D eigenvalue weighted by Gasteiger charge is 2.19. The smallest absolute Gasteiger partial charge is 0.262 e. The number of sulfonamides is 1. The lowest BCUT2D eigenvalue weighted by atomic mass is 10.1. The number of benzene rings is 2. The molecule has 6 heteroatoms. The zero-order chi connectivity index (χ0) is 18.2. The van der Waals surface area contributed by atoms with Crippen LogP contribution in [0.4, 0.5) is 5.69 Å². The van der Waals surface area contributed by atoms with Crippen molar-refractivity contribution in [2.24, 2.45) is 0 Å². The van der Waals surface area contributed by atoms with Gasteiger partial charge in [0, 0.05) is 11.6 Å². The lowest BCUT2D eigenvalue weighted by Crippen LogP contribution is -2.15. The Labute approximate surface area is 147 Å². The van der Waals surface area contributed by atoms with Gasteiger partial charge in [0.05, 0.1) is 16.3 Å². The molecule has 0 atom stereocenters. The van der Waals surface area contributed by atoms with Crippen LogP contribution in [0.25, 0.3) is 11.3 Å². The van der Waals surface area contributed by atoms with Gasteiger partial charge in [0.2, 0.25) is 0 Å². The van der Waals surface area contributed by atoms with Gasteiger partial charge in [-0.15, -0.1) is 0 Å². The molecule has 5 nitrogen and oxygen atoms in total. The van der Waals surface area contributed by atoms with Gasteiger partial charge >= 0.3 is 0 Å². The first kappa shape index (κ1) is 17.2. The maximum absolute atomic E-state index is 12.8. The molecule has 130 valence electrons. The van der Waals surface area contributed by atoms with Crippen molar-refractivity contribution in [2.45, 2.75) is 32.6 Å². The minimum Gasteiger partial charge on any atom is -0.356 e. The topological polar surface area (TPSA) is 72.2 Å². The number of nitrogens with zero attached hydrogens (tertiary/aromatic N) is 1. The van der Waals surface area contributed by atoms with Gasteiger partial charge in [-0.3, -0.25) is 4.72 Å². The lowest BCUT2D eigenvalue weighted by Gasteiger charge is -2.14. The van der Waals surface area contributed by atoms with E-state index in [1.165, 1.54) is 0 Å². The molecule has 0 fully saturated rings. The molecule has 0 aliphatic carbocycles. The molecule has 0 bridgehead atoms. The van der Waals surface area contributed by atoms with Crippen molar-refractivity contribution in [1.82, 2.24) is 5.16 Å². The summed E-state index contributed by atoms with van der Waals surface area (Å²) in [5.41, 5.74) is 4.76. The minimum atomic E-state index is -3.67. The minimum absolute atomic E-state index is 0.244. The van der Waals surface area contributed by atoms with E-state index in [1.807, 2.05) is 39.0 Å². The average Bonchev–Trinajstić information content (AvgIpc) is 2.98. The molecule has 3 aromatic rings. The fourth-order valence-corrected chi connectivity index (χ4v) is 4.02. The summed E-state index contributed by atoms with van der Waals surface area (Å²) in [4.78, 5) is 0.244. The van der Waals surface area contributed by atoms with Gasteiger partial charge in [0.1, 0.15) is 0 Å². The number of anilines is 1.